The standard InChI is InChI=1S/C26H53NO11Si2/c1-9-32-39(33-10-2,34-11-3)19-15-17-27-26(29)38-24(22-31-25(28)23(7)8)21-30-18-16-20-40(35-12-4,36-13-5)37-14-6/h24H,7,9-22H2,1-6,8H3,(H,27,29). The van der Waals surface area contributed by atoms with Gasteiger partial charge in [-0.2, -0.15) is 0 Å². The maximum absolute atomic E-state index is 12.5. The maximum Gasteiger partial charge on any atom is 0.501 e. The van der Waals surface area contributed by atoms with Crippen molar-refractivity contribution < 1.29 is 50.4 Å². The topological polar surface area (TPSA) is 129 Å². The summed E-state index contributed by atoms with van der Waals surface area (Å²) in [6.45, 7) is 20.0. The van der Waals surface area contributed by atoms with Crippen LogP contribution >= 0.6 is 0 Å². The molecule has 14 heteroatoms. The fraction of sp³-hybridized carbons (Fsp3) is 0.846. The highest BCUT2D eigenvalue weighted by Gasteiger charge is 2.40. The van der Waals surface area contributed by atoms with E-state index in [1.807, 2.05) is 41.5 Å². The summed E-state index contributed by atoms with van der Waals surface area (Å²) in [4.78, 5) is 24.4. The van der Waals surface area contributed by atoms with Crippen LogP contribution < -0.4 is 5.32 Å². The number of nitrogens with one attached hydrogen (secondary N) is 1. The number of alkyl carbamates (subject to hydrolysis) is 1. The zero-order valence-electron chi connectivity index (χ0n) is 25.7. The second-order valence-corrected chi connectivity index (χ2v) is 14.0. The van der Waals surface area contributed by atoms with E-state index >= 15 is 0 Å². The molecule has 40 heavy (non-hydrogen) atoms. The molecular weight excluding hydrogens is 558 g/mol. The summed E-state index contributed by atoms with van der Waals surface area (Å²) in [5.74, 6) is -0.570. The lowest BCUT2D eigenvalue weighted by molar-refractivity contribution is -0.143. The van der Waals surface area contributed by atoms with Crippen LogP contribution in [0.15, 0.2) is 12.2 Å². The molecular formula is C26H53NO11Si2. The smallest absolute Gasteiger partial charge is 0.458 e. The fourth-order valence-electron chi connectivity index (χ4n) is 3.70. The number of hydrogen-bond acceptors (Lipinski definition) is 11. The average molecular weight is 612 g/mol. The number of ether oxygens (including phenoxy) is 3. The Hall–Kier alpha value is -1.37. The monoisotopic (exact) mass is 611 g/mol. The number of esters is 1. The Morgan fingerprint density at radius 3 is 1.60 bits per heavy atom. The van der Waals surface area contributed by atoms with E-state index in [9.17, 15) is 9.59 Å². The van der Waals surface area contributed by atoms with Crippen LogP contribution in [0.25, 0.3) is 0 Å². The highest BCUT2D eigenvalue weighted by molar-refractivity contribution is 6.61. The van der Waals surface area contributed by atoms with Crippen LogP contribution in [0, 0.1) is 0 Å². The molecule has 0 aliphatic heterocycles. The van der Waals surface area contributed by atoms with Crippen LogP contribution in [0.2, 0.25) is 12.1 Å². The molecule has 1 amide bonds. The van der Waals surface area contributed by atoms with Crippen molar-refractivity contribution in [1.29, 1.82) is 0 Å². The number of hydrogen-bond donors (Lipinski definition) is 1. The van der Waals surface area contributed by atoms with Crippen LogP contribution in [0.5, 0.6) is 0 Å². The van der Waals surface area contributed by atoms with Gasteiger partial charge in [0.2, 0.25) is 0 Å². The average Bonchev–Trinajstić information content (AvgIpc) is 2.90. The molecule has 0 heterocycles. The van der Waals surface area contributed by atoms with E-state index in [2.05, 4.69) is 11.9 Å². The summed E-state index contributed by atoms with van der Waals surface area (Å²) < 4.78 is 51.6. The molecule has 1 N–H and O–H groups in total. The molecule has 0 saturated carbocycles. The first-order chi connectivity index (χ1) is 19.2. The second-order valence-electron chi connectivity index (χ2n) is 8.58. The molecule has 0 aromatic carbocycles. The zero-order chi connectivity index (χ0) is 30.3. The molecule has 0 aromatic heterocycles. The van der Waals surface area contributed by atoms with Crippen LogP contribution in [0.1, 0.15) is 61.3 Å². The second kappa shape index (κ2) is 23.2. The van der Waals surface area contributed by atoms with Crippen molar-refractivity contribution in [2.75, 3.05) is 66.0 Å². The Bertz CT molecular complexity index is 666. The minimum Gasteiger partial charge on any atom is -0.458 e. The number of carbonyl (C=O) groups excluding carboxylic acids is 2. The van der Waals surface area contributed by atoms with Crippen LogP contribution in [-0.4, -0.2) is 102 Å². The van der Waals surface area contributed by atoms with Crippen molar-refractivity contribution in [3.63, 3.8) is 0 Å². The molecule has 0 aliphatic carbocycles. The molecule has 0 aliphatic rings. The summed E-state index contributed by atoms with van der Waals surface area (Å²) in [6, 6.07) is 1.15. The summed E-state index contributed by atoms with van der Waals surface area (Å²) in [5.41, 5.74) is 0.249. The van der Waals surface area contributed by atoms with Crippen molar-refractivity contribution >= 4 is 29.7 Å². The van der Waals surface area contributed by atoms with E-state index in [1.165, 1.54) is 0 Å². The van der Waals surface area contributed by atoms with Crippen LogP contribution in [0.4, 0.5) is 4.79 Å². The van der Waals surface area contributed by atoms with E-state index in [4.69, 9.17) is 40.8 Å². The molecule has 0 fully saturated rings. The molecule has 1 atom stereocenters. The summed E-state index contributed by atoms with van der Waals surface area (Å²) >= 11 is 0. The third-order valence-electron chi connectivity index (χ3n) is 5.21. The quantitative estimate of drug-likeness (QED) is 0.0657. The Morgan fingerprint density at radius 2 is 1.18 bits per heavy atom. The third-order valence-corrected chi connectivity index (χ3v) is 11.5. The number of rotatable bonds is 26. The summed E-state index contributed by atoms with van der Waals surface area (Å²) in [6.07, 6.45) is -0.244. The van der Waals surface area contributed by atoms with Crippen molar-refractivity contribution in [3.8, 4) is 0 Å². The highest BCUT2D eigenvalue weighted by Crippen LogP contribution is 2.19. The van der Waals surface area contributed by atoms with Crippen molar-refractivity contribution in [3.05, 3.63) is 12.2 Å². The maximum atomic E-state index is 12.5. The van der Waals surface area contributed by atoms with E-state index in [1.54, 1.807) is 6.92 Å². The van der Waals surface area contributed by atoms with Gasteiger partial charge in [0.25, 0.3) is 0 Å². The molecule has 0 radical (unpaired) electrons. The van der Waals surface area contributed by atoms with Crippen molar-refractivity contribution in [2.24, 2.45) is 0 Å². The minimum absolute atomic E-state index is 0.0401. The van der Waals surface area contributed by atoms with Gasteiger partial charge in [-0.15, -0.1) is 0 Å². The van der Waals surface area contributed by atoms with Gasteiger partial charge in [-0.3, -0.25) is 0 Å². The first-order valence-corrected chi connectivity index (χ1v) is 18.2. The van der Waals surface area contributed by atoms with E-state index in [0.717, 1.165) is 0 Å². The Morgan fingerprint density at radius 1 is 0.725 bits per heavy atom. The van der Waals surface area contributed by atoms with Gasteiger partial charge < -0.3 is 46.1 Å². The normalized spacial score (nSPS) is 12.7. The molecule has 0 aromatic rings. The lowest BCUT2D eigenvalue weighted by atomic mass is 10.3. The van der Waals surface area contributed by atoms with Crippen molar-refractivity contribution in [2.45, 2.75) is 79.5 Å². The molecule has 12 nitrogen and oxygen atoms in total. The SMILES string of the molecule is C=C(C)C(=O)OCC(COCCC[Si](OCC)(OCC)OCC)OC(=O)NCCC[Si](OCC)(OCC)OCC. The lowest BCUT2D eigenvalue weighted by Crippen LogP contribution is -2.46. The van der Waals surface area contributed by atoms with E-state index < -0.39 is 35.8 Å². The van der Waals surface area contributed by atoms with Crippen LogP contribution in [0.3, 0.4) is 0 Å². The Balaban J connectivity index is 4.88. The zero-order valence-corrected chi connectivity index (χ0v) is 27.7. The van der Waals surface area contributed by atoms with Gasteiger partial charge in [-0.25, -0.2) is 9.59 Å². The van der Waals surface area contributed by atoms with Gasteiger partial charge >= 0.3 is 29.7 Å². The number of amides is 1. The molecule has 0 bridgehead atoms. The highest BCUT2D eigenvalue weighted by atomic mass is 28.4. The predicted molar refractivity (Wildman–Crippen MR) is 155 cm³/mol. The molecule has 0 spiro atoms. The molecule has 236 valence electrons. The first kappa shape index (κ1) is 38.6. The van der Waals surface area contributed by atoms with E-state index in [-0.39, 0.29) is 18.8 Å². The molecule has 0 saturated heterocycles. The third kappa shape index (κ3) is 16.8. The van der Waals surface area contributed by atoms with Gasteiger partial charge in [-0.1, -0.05) is 6.58 Å². The van der Waals surface area contributed by atoms with Gasteiger partial charge in [0, 0.05) is 70.5 Å². The van der Waals surface area contributed by atoms with Gasteiger partial charge in [-0.05, 0) is 61.3 Å². The fourth-order valence-corrected chi connectivity index (χ4v) is 8.90. The Labute approximate surface area is 243 Å². The summed E-state index contributed by atoms with van der Waals surface area (Å²) in [7, 11) is -5.56. The molecule has 0 rings (SSSR count). The van der Waals surface area contributed by atoms with Crippen LogP contribution in [-0.2, 0) is 45.6 Å². The Kier molecular flexibility index (Phi) is 22.4. The number of carbonyl (C=O) groups is 2. The van der Waals surface area contributed by atoms with Crippen molar-refractivity contribution in [1.82, 2.24) is 5.32 Å². The van der Waals surface area contributed by atoms with Gasteiger partial charge in [0.15, 0.2) is 6.10 Å². The summed E-state index contributed by atoms with van der Waals surface area (Å²) in [5, 5.41) is 2.72. The van der Waals surface area contributed by atoms with E-state index in [0.29, 0.717) is 77.7 Å². The predicted octanol–water partition coefficient (Wildman–Crippen LogP) is 4.09. The molecule has 1 unspecified atom stereocenters. The van der Waals surface area contributed by atoms with Gasteiger partial charge in [0.05, 0.1) is 6.61 Å². The lowest BCUT2D eigenvalue weighted by Gasteiger charge is -2.28. The van der Waals surface area contributed by atoms with Gasteiger partial charge in [0.1, 0.15) is 6.61 Å². The first-order valence-electron chi connectivity index (χ1n) is 14.3. The largest absolute Gasteiger partial charge is 0.501 e. The minimum atomic E-state index is -2.79.